The molecule has 1 saturated heterocycles. The van der Waals surface area contributed by atoms with E-state index < -0.39 is 0 Å². The van der Waals surface area contributed by atoms with Crippen LogP contribution in [0.15, 0.2) is 0 Å². The number of hydrogen-bond acceptors (Lipinski definition) is 3. The topological polar surface area (TPSA) is 24.5 Å². The first-order valence-corrected chi connectivity index (χ1v) is 5.30. The van der Waals surface area contributed by atoms with Crippen molar-refractivity contribution in [1.29, 1.82) is 0 Å². The maximum absolute atomic E-state index is 5.41. The van der Waals surface area contributed by atoms with Crippen LogP contribution in [0.3, 0.4) is 0 Å². The normalized spacial score (nSPS) is 21.1. The van der Waals surface area contributed by atoms with Crippen molar-refractivity contribution in [2.45, 2.75) is 19.4 Å². The van der Waals surface area contributed by atoms with Gasteiger partial charge in [0.1, 0.15) is 0 Å². The monoisotopic (exact) mass is 196 g/mol. The van der Waals surface area contributed by atoms with Crippen LogP contribution < -0.4 is 5.32 Å². The number of nitrogens with zero attached hydrogens (tertiary/aromatic N) is 1. The van der Waals surface area contributed by atoms with Crippen molar-refractivity contribution in [3.63, 3.8) is 0 Å². The molecule has 3 heteroatoms. The molecule has 80 valence electrons. The molecule has 1 N–H and O–H groups in total. The largest absolute Gasteiger partial charge is 0.380 e. The van der Waals surface area contributed by atoms with E-state index in [9.17, 15) is 0 Å². The number of nitrogens with one attached hydrogen (secondary N) is 1. The summed E-state index contributed by atoms with van der Waals surface area (Å²) < 4.78 is 5.41. The van der Waals surface area contributed by atoms with Gasteiger partial charge >= 0.3 is 0 Å². The number of terminal acetylenes is 1. The Balaban J connectivity index is 2.20. The minimum atomic E-state index is 0.546. The van der Waals surface area contributed by atoms with Gasteiger partial charge in [0.05, 0.1) is 13.2 Å². The highest BCUT2D eigenvalue weighted by atomic mass is 16.5. The summed E-state index contributed by atoms with van der Waals surface area (Å²) in [6.07, 6.45) is 6.31. The van der Waals surface area contributed by atoms with E-state index >= 15 is 0 Å². The van der Waals surface area contributed by atoms with Gasteiger partial charge in [-0.05, 0) is 13.3 Å². The fourth-order valence-corrected chi connectivity index (χ4v) is 1.69. The Kier molecular flexibility index (Phi) is 5.62. The van der Waals surface area contributed by atoms with Gasteiger partial charge in [0.25, 0.3) is 0 Å². The summed E-state index contributed by atoms with van der Waals surface area (Å²) in [7, 11) is 0. The van der Waals surface area contributed by atoms with E-state index in [0.29, 0.717) is 12.6 Å². The van der Waals surface area contributed by atoms with E-state index in [4.69, 9.17) is 11.2 Å². The van der Waals surface area contributed by atoms with Crippen LogP contribution >= 0.6 is 0 Å². The number of hydrogen-bond donors (Lipinski definition) is 1. The minimum Gasteiger partial charge on any atom is -0.380 e. The Bertz CT molecular complexity index is 180. The van der Waals surface area contributed by atoms with Gasteiger partial charge < -0.3 is 10.1 Å². The maximum Gasteiger partial charge on any atom is 0.0593 e. The van der Waals surface area contributed by atoms with Crippen LogP contribution in [0.5, 0.6) is 0 Å². The fourth-order valence-electron chi connectivity index (χ4n) is 1.69. The van der Waals surface area contributed by atoms with Crippen LogP contribution in [0.1, 0.15) is 13.3 Å². The molecule has 1 rings (SSSR count). The van der Waals surface area contributed by atoms with Crippen LogP contribution in [-0.4, -0.2) is 50.3 Å². The summed E-state index contributed by atoms with van der Waals surface area (Å²) >= 11 is 0. The van der Waals surface area contributed by atoms with Crippen molar-refractivity contribution in [3.05, 3.63) is 0 Å². The Morgan fingerprint density at radius 1 is 1.50 bits per heavy atom. The third-order valence-electron chi connectivity index (χ3n) is 2.55. The maximum atomic E-state index is 5.41. The predicted molar refractivity (Wildman–Crippen MR) is 58.2 cm³/mol. The first kappa shape index (κ1) is 11.5. The average molecular weight is 196 g/mol. The van der Waals surface area contributed by atoms with E-state index in [1.807, 2.05) is 0 Å². The lowest BCUT2D eigenvalue weighted by molar-refractivity contribution is 0.133. The highest BCUT2D eigenvalue weighted by Gasteiger charge is 2.14. The van der Waals surface area contributed by atoms with E-state index in [1.165, 1.54) is 0 Å². The van der Waals surface area contributed by atoms with Crippen molar-refractivity contribution in [2.75, 3.05) is 39.4 Å². The summed E-state index contributed by atoms with van der Waals surface area (Å²) in [6.45, 7) is 7.80. The molecule has 0 aromatic carbocycles. The second kappa shape index (κ2) is 6.83. The summed E-state index contributed by atoms with van der Waals surface area (Å²) in [5.74, 6) is 2.58. The molecule has 1 aliphatic heterocycles. The summed E-state index contributed by atoms with van der Waals surface area (Å²) in [5, 5.41) is 3.23. The molecule has 0 aromatic rings. The Labute approximate surface area is 86.8 Å². The first-order chi connectivity index (χ1) is 6.84. The SMILES string of the molecule is C#CCNCC(C)N1CCCOCC1. The smallest absolute Gasteiger partial charge is 0.0593 e. The molecule has 0 radical (unpaired) electrons. The molecule has 1 unspecified atom stereocenters. The highest BCUT2D eigenvalue weighted by molar-refractivity contribution is 4.87. The van der Waals surface area contributed by atoms with Crippen molar-refractivity contribution in [1.82, 2.24) is 10.2 Å². The van der Waals surface area contributed by atoms with E-state index in [2.05, 4.69) is 23.1 Å². The van der Waals surface area contributed by atoms with Crippen molar-refractivity contribution in [2.24, 2.45) is 0 Å². The van der Waals surface area contributed by atoms with Gasteiger partial charge in [0, 0.05) is 32.3 Å². The van der Waals surface area contributed by atoms with Crippen LogP contribution in [0.4, 0.5) is 0 Å². The molecule has 0 bridgehead atoms. The van der Waals surface area contributed by atoms with Gasteiger partial charge in [-0.15, -0.1) is 6.42 Å². The van der Waals surface area contributed by atoms with Gasteiger partial charge in [-0.3, -0.25) is 4.90 Å². The van der Waals surface area contributed by atoms with Crippen LogP contribution in [-0.2, 0) is 4.74 Å². The summed E-state index contributed by atoms with van der Waals surface area (Å²) in [5.41, 5.74) is 0. The molecule has 0 aromatic heterocycles. The third kappa shape index (κ3) is 4.10. The lowest BCUT2D eigenvalue weighted by atomic mass is 10.2. The highest BCUT2D eigenvalue weighted by Crippen LogP contribution is 2.03. The molecule has 0 saturated carbocycles. The summed E-state index contributed by atoms with van der Waals surface area (Å²) in [6, 6.07) is 0.546. The minimum absolute atomic E-state index is 0.546. The van der Waals surface area contributed by atoms with Crippen LogP contribution in [0.25, 0.3) is 0 Å². The van der Waals surface area contributed by atoms with E-state index in [-0.39, 0.29) is 0 Å². The van der Waals surface area contributed by atoms with Gasteiger partial charge in [-0.25, -0.2) is 0 Å². The molecule has 0 aliphatic carbocycles. The Hall–Kier alpha value is -0.560. The summed E-state index contributed by atoms with van der Waals surface area (Å²) in [4.78, 5) is 2.45. The molecule has 14 heavy (non-hydrogen) atoms. The van der Waals surface area contributed by atoms with E-state index in [1.54, 1.807) is 0 Å². The van der Waals surface area contributed by atoms with Crippen molar-refractivity contribution >= 4 is 0 Å². The lowest BCUT2D eigenvalue weighted by Gasteiger charge is -2.26. The lowest BCUT2D eigenvalue weighted by Crippen LogP contribution is -2.41. The third-order valence-corrected chi connectivity index (χ3v) is 2.55. The van der Waals surface area contributed by atoms with Gasteiger partial charge in [-0.2, -0.15) is 0 Å². The molecular formula is C11H20N2O. The molecule has 0 amide bonds. The zero-order valence-corrected chi connectivity index (χ0v) is 8.96. The molecule has 1 heterocycles. The number of rotatable bonds is 4. The zero-order valence-electron chi connectivity index (χ0n) is 8.96. The Morgan fingerprint density at radius 2 is 2.36 bits per heavy atom. The quantitative estimate of drug-likeness (QED) is 0.518. The Morgan fingerprint density at radius 3 is 3.14 bits per heavy atom. The van der Waals surface area contributed by atoms with Gasteiger partial charge in [0.15, 0.2) is 0 Å². The first-order valence-electron chi connectivity index (χ1n) is 5.30. The average Bonchev–Trinajstić information content (AvgIpc) is 2.46. The molecule has 0 spiro atoms. The van der Waals surface area contributed by atoms with Crippen molar-refractivity contribution < 1.29 is 4.74 Å². The van der Waals surface area contributed by atoms with Crippen molar-refractivity contribution in [3.8, 4) is 12.3 Å². The van der Waals surface area contributed by atoms with Gasteiger partial charge in [-0.1, -0.05) is 5.92 Å². The molecule has 1 atom stereocenters. The second-order valence-corrected chi connectivity index (χ2v) is 3.69. The molecule has 1 fully saturated rings. The second-order valence-electron chi connectivity index (χ2n) is 3.69. The predicted octanol–water partition coefficient (Wildman–Crippen LogP) is 0.320. The zero-order chi connectivity index (χ0) is 10.2. The molecule has 3 nitrogen and oxygen atoms in total. The van der Waals surface area contributed by atoms with Gasteiger partial charge in [0.2, 0.25) is 0 Å². The van der Waals surface area contributed by atoms with Crippen LogP contribution in [0.2, 0.25) is 0 Å². The standard InChI is InChI=1S/C11H20N2O/c1-3-5-12-10-11(2)13-6-4-8-14-9-7-13/h1,11-12H,4-10H2,2H3. The molecular weight excluding hydrogens is 176 g/mol. The van der Waals surface area contributed by atoms with Crippen LogP contribution in [0, 0.1) is 12.3 Å². The number of ether oxygens (including phenoxy) is 1. The fraction of sp³-hybridized carbons (Fsp3) is 0.818. The molecule has 1 aliphatic rings. The van der Waals surface area contributed by atoms with E-state index in [0.717, 1.165) is 39.3 Å².